The SMILES string of the molecule is CON=C1C=C[C@@]2(C)C(=C1)CC[C@H]1[C@@H]3CC[C@](O[Si](C)(C)C)(C(CO[Si](C)(C)C)=NOC)[C@@]3(C)C[C@H](O[Si](C)(C)C)[C@@]12F. The predicted molar refractivity (Wildman–Crippen MR) is 181 cm³/mol. The van der Waals surface area contributed by atoms with Gasteiger partial charge in [0.25, 0.3) is 0 Å². The van der Waals surface area contributed by atoms with Crippen molar-refractivity contribution in [1.82, 2.24) is 0 Å². The second-order valence-electron chi connectivity index (χ2n) is 16.5. The predicted octanol–water partition coefficient (Wildman–Crippen LogP) is 8.09. The molecule has 0 saturated heterocycles. The molecule has 0 spiro atoms. The molecule has 0 heterocycles. The molecule has 4 aliphatic carbocycles. The molecule has 3 saturated carbocycles. The van der Waals surface area contributed by atoms with E-state index in [1.807, 2.05) is 18.2 Å². The van der Waals surface area contributed by atoms with E-state index in [1.165, 1.54) is 0 Å². The van der Waals surface area contributed by atoms with Crippen LogP contribution in [0.5, 0.6) is 0 Å². The minimum absolute atomic E-state index is 0.0880. The molecule has 3 fully saturated rings. The fraction of sp³-hybridized carbons (Fsp3) is 0.812. The summed E-state index contributed by atoms with van der Waals surface area (Å²) in [5.41, 5.74) is -0.919. The summed E-state index contributed by atoms with van der Waals surface area (Å²) in [6, 6.07) is 0. The Labute approximate surface area is 263 Å². The fourth-order valence-corrected chi connectivity index (χ4v) is 11.9. The number of alkyl halides is 1. The van der Waals surface area contributed by atoms with Crippen molar-refractivity contribution in [3.05, 3.63) is 23.8 Å². The second-order valence-corrected chi connectivity index (χ2v) is 29.9. The molecule has 11 heteroatoms. The Kier molecular flexibility index (Phi) is 9.37. The third kappa shape index (κ3) is 6.19. The van der Waals surface area contributed by atoms with Crippen molar-refractivity contribution in [2.75, 3.05) is 20.8 Å². The molecular weight excluding hydrogens is 596 g/mol. The Bertz CT molecular complexity index is 1190. The quantitative estimate of drug-likeness (QED) is 0.136. The zero-order valence-corrected chi connectivity index (χ0v) is 32.0. The van der Waals surface area contributed by atoms with E-state index in [4.69, 9.17) is 23.0 Å². The Hall–Kier alpha value is -1.12. The highest BCUT2D eigenvalue weighted by molar-refractivity contribution is 6.70. The van der Waals surface area contributed by atoms with E-state index < -0.39 is 53.2 Å². The number of hydrogen-bond acceptors (Lipinski definition) is 7. The number of nitrogens with zero attached hydrogens (tertiary/aromatic N) is 2. The summed E-state index contributed by atoms with van der Waals surface area (Å²) in [5, 5.41) is 8.83. The third-order valence-electron chi connectivity index (χ3n) is 10.2. The van der Waals surface area contributed by atoms with Crippen molar-refractivity contribution in [3.8, 4) is 0 Å². The molecule has 7 nitrogen and oxygen atoms in total. The maximum absolute atomic E-state index is 18.7. The molecule has 0 aliphatic heterocycles. The van der Waals surface area contributed by atoms with Gasteiger partial charge in [-0.3, -0.25) is 0 Å². The zero-order valence-electron chi connectivity index (χ0n) is 29.0. The lowest BCUT2D eigenvalue weighted by atomic mass is 9.44. The van der Waals surface area contributed by atoms with E-state index in [9.17, 15) is 0 Å². The monoisotopic (exact) mass is 652 g/mol. The summed E-state index contributed by atoms with van der Waals surface area (Å²) in [7, 11) is -3.03. The smallest absolute Gasteiger partial charge is 0.185 e. The van der Waals surface area contributed by atoms with Crippen LogP contribution in [0.15, 0.2) is 34.1 Å². The van der Waals surface area contributed by atoms with Crippen LogP contribution in [0.4, 0.5) is 4.39 Å². The van der Waals surface area contributed by atoms with E-state index in [0.29, 0.717) is 13.0 Å². The molecular formula is C32H57FN2O5Si3. The highest BCUT2D eigenvalue weighted by atomic mass is 28.4. The van der Waals surface area contributed by atoms with Gasteiger partial charge in [0.15, 0.2) is 30.6 Å². The first-order valence-electron chi connectivity index (χ1n) is 16.0. The second kappa shape index (κ2) is 11.6. The van der Waals surface area contributed by atoms with Crippen molar-refractivity contribution in [3.63, 3.8) is 0 Å². The maximum atomic E-state index is 18.7. The van der Waals surface area contributed by atoms with Gasteiger partial charge in [-0.15, -0.1) is 0 Å². The lowest BCUT2D eigenvalue weighted by molar-refractivity contribution is -0.200. The van der Waals surface area contributed by atoms with E-state index in [-0.39, 0.29) is 11.8 Å². The highest BCUT2D eigenvalue weighted by Crippen LogP contribution is 2.71. The van der Waals surface area contributed by atoms with Crippen LogP contribution in [-0.4, -0.2) is 74.6 Å². The maximum Gasteiger partial charge on any atom is 0.185 e. The lowest BCUT2D eigenvalue weighted by Gasteiger charge is -2.65. The van der Waals surface area contributed by atoms with Crippen molar-refractivity contribution in [2.45, 2.75) is 122 Å². The first-order chi connectivity index (χ1) is 19.7. The normalized spacial score (nSPS) is 39.2. The van der Waals surface area contributed by atoms with Gasteiger partial charge in [0.1, 0.15) is 31.2 Å². The van der Waals surface area contributed by atoms with Crippen LogP contribution >= 0.6 is 0 Å². The van der Waals surface area contributed by atoms with E-state index in [1.54, 1.807) is 14.2 Å². The van der Waals surface area contributed by atoms with Crippen molar-refractivity contribution in [1.29, 1.82) is 0 Å². The molecule has 4 aliphatic rings. The average molecular weight is 653 g/mol. The topological polar surface area (TPSA) is 70.9 Å². The van der Waals surface area contributed by atoms with Crippen molar-refractivity contribution >= 4 is 36.4 Å². The Morgan fingerprint density at radius 3 is 2.16 bits per heavy atom. The van der Waals surface area contributed by atoms with Crippen LogP contribution in [-0.2, 0) is 23.0 Å². The van der Waals surface area contributed by atoms with Gasteiger partial charge in [0.05, 0.1) is 12.7 Å². The first-order valence-corrected chi connectivity index (χ1v) is 26.2. The average Bonchev–Trinajstić information content (AvgIpc) is 3.12. The van der Waals surface area contributed by atoms with Crippen molar-refractivity contribution < 1.29 is 27.3 Å². The van der Waals surface area contributed by atoms with Gasteiger partial charge in [-0.25, -0.2) is 4.39 Å². The molecule has 0 N–H and O–H groups in total. The molecule has 0 unspecified atom stereocenters. The standard InChI is InChI=1S/C32H57FN2O5Si3/c1-29-18-16-24(34-36-3)20-23(29)14-15-26-25-17-19-31(40-43(11,12)13,27(35-37-4)22-38-41(5,6)7)30(25,2)21-28(32(26,29)33)39-42(8,9)10/h16,18,20,25-26,28H,14-15,17,19,21-22H2,1-13H3/t25-,26-,28-,29-,30-,31-,32-/m0/s1. The minimum atomic E-state index is -2.17. The molecule has 0 aromatic carbocycles. The van der Waals surface area contributed by atoms with Crippen molar-refractivity contribution in [2.24, 2.45) is 33.0 Å². The molecule has 0 radical (unpaired) electrons. The van der Waals surface area contributed by atoms with Crippen LogP contribution in [0, 0.1) is 22.7 Å². The van der Waals surface area contributed by atoms with Gasteiger partial charge in [-0.05, 0) is 116 Å². The molecule has 0 aromatic rings. The minimum Gasteiger partial charge on any atom is -0.412 e. The summed E-state index contributed by atoms with van der Waals surface area (Å²) in [6.45, 7) is 24.5. The number of fused-ring (bicyclic) bond motifs is 5. The first kappa shape index (κ1) is 34.7. The van der Waals surface area contributed by atoms with Crippen LogP contribution in [0.2, 0.25) is 58.9 Å². The molecule has 0 aromatic heterocycles. The summed E-state index contributed by atoms with van der Waals surface area (Å²) in [5.74, 6) is -0.112. The Balaban J connectivity index is 1.90. The van der Waals surface area contributed by atoms with Crippen LogP contribution in [0.25, 0.3) is 0 Å². The summed E-state index contributed by atoms with van der Waals surface area (Å²) >= 11 is 0. The summed E-state index contributed by atoms with van der Waals surface area (Å²) in [4.78, 5) is 10.6. The van der Waals surface area contributed by atoms with E-state index in [2.05, 4.69) is 83.1 Å². The summed E-state index contributed by atoms with van der Waals surface area (Å²) in [6.07, 6.45) is 9.12. The zero-order chi connectivity index (χ0) is 32.3. The number of hydrogen-bond donors (Lipinski definition) is 0. The van der Waals surface area contributed by atoms with Gasteiger partial charge in [0.2, 0.25) is 0 Å². The Morgan fingerprint density at radius 1 is 0.930 bits per heavy atom. The van der Waals surface area contributed by atoms with Gasteiger partial charge in [-0.1, -0.05) is 28.9 Å². The molecule has 43 heavy (non-hydrogen) atoms. The Morgan fingerprint density at radius 2 is 1.60 bits per heavy atom. The van der Waals surface area contributed by atoms with Gasteiger partial charge in [0, 0.05) is 16.7 Å². The molecule has 7 atom stereocenters. The molecule has 0 bridgehead atoms. The number of rotatable bonds is 10. The highest BCUT2D eigenvalue weighted by Gasteiger charge is 2.75. The van der Waals surface area contributed by atoms with Crippen LogP contribution in [0.1, 0.15) is 46.0 Å². The largest absolute Gasteiger partial charge is 0.412 e. The lowest BCUT2D eigenvalue weighted by Crippen LogP contribution is -2.71. The molecule has 0 amide bonds. The van der Waals surface area contributed by atoms with Gasteiger partial charge < -0.3 is 23.0 Å². The van der Waals surface area contributed by atoms with Crippen LogP contribution < -0.4 is 0 Å². The fourth-order valence-electron chi connectivity index (χ4n) is 8.72. The molecule has 244 valence electrons. The van der Waals surface area contributed by atoms with Gasteiger partial charge >= 0.3 is 0 Å². The summed E-state index contributed by atoms with van der Waals surface area (Å²) < 4.78 is 39.6. The van der Waals surface area contributed by atoms with Crippen LogP contribution in [0.3, 0.4) is 0 Å². The number of allylic oxidation sites excluding steroid dienone is 4. The third-order valence-corrected chi connectivity index (χ3v) is 13.2. The van der Waals surface area contributed by atoms with Gasteiger partial charge in [-0.2, -0.15) is 0 Å². The van der Waals surface area contributed by atoms with E-state index in [0.717, 1.165) is 42.7 Å². The molecule has 4 rings (SSSR count). The number of halogens is 1. The number of oxime groups is 2. The van der Waals surface area contributed by atoms with E-state index >= 15 is 4.39 Å².